The van der Waals surface area contributed by atoms with E-state index < -0.39 is 5.97 Å². The van der Waals surface area contributed by atoms with E-state index in [-0.39, 0.29) is 24.4 Å². The monoisotopic (exact) mass is 359 g/mol. The lowest BCUT2D eigenvalue weighted by atomic mass is 9.79. The van der Waals surface area contributed by atoms with Gasteiger partial charge in [0.05, 0.1) is 18.2 Å². The molecule has 2 fully saturated rings. The molecule has 2 heterocycles. The van der Waals surface area contributed by atoms with Crippen LogP contribution >= 0.6 is 0 Å². The first-order chi connectivity index (χ1) is 12.6. The highest BCUT2D eigenvalue weighted by molar-refractivity contribution is 5.77. The Morgan fingerprint density at radius 2 is 2.23 bits per heavy atom. The molecule has 0 unspecified atom stereocenters. The van der Waals surface area contributed by atoms with Crippen molar-refractivity contribution in [2.75, 3.05) is 20.3 Å². The number of likely N-dealkylation sites (tertiary alicyclic amines) is 1. The number of hydrogen-bond acceptors (Lipinski definition) is 5. The number of benzene rings is 1. The van der Waals surface area contributed by atoms with Crippen molar-refractivity contribution in [3.8, 4) is 0 Å². The minimum absolute atomic E-state index is 0.0318. The third kappa shape index (κ3) is 3.24. The smallest absolute Gasteiger partial charge is 0.329 e. The Balaban J connectivity index is 1.49. The molecule has 2 aromatic rings. The normalized spacial score (nSPS) is 29.1. The van der Waals surface area contributed by atoms with Crippen molar-refractivity contribution in [3.63, 3.8) is 0 Å². The zero-order valence-corrected chi connectivity index (χ0v) is 15.0. The van der Waals surface area contributed by atoms with Gasteiger partial charge in [-0.25, -0.2) is 4.79 Å². The molecule has 1 aromatic heterocycles. The molecule has 0 spiro atoms. The van der Waals surface area contributed by atoms with Crippen LogP contribution in [0.1, 0.15) is 31.4 Å². The van der Waals surface area contributed by atoms with Gasteiger partial charge in [0.15, 0.2) is 0 Å². The molecular formula is C20H25NO5. The molecule has 6 heteroatoms. The molecule has 1 saturated carbocycles. The van der Waals surface area contributed by atoms with Crippen LogP contribution in [0.2, 0.25) is 0 Å². The quantitative estimate of drug-likeness (QED) is 0.855. The first-order valence-corrected chi connectivity index (χ1v) is 9.20. The minimum Gasteiger partial charge on any atom is -0.480 e. The summed E-state index contributed by atoms with van der Waals surface area (Å²) in [5.74, 6) is 0.0332. The molecule has 1 N–H and O–H groups in total. The van der Waals surface area contributed by atoms with E-state index in [2.05, 4.69) is 17.0 Å². The Morgan fingerprint density at radius 1 is 1.38 bits per heavy atom. The summed E-state index contributed by atoms with van der Waals surface area (Å²) < 4.78 is 17.5. The number of carboxylic acid groups (broad SMARTS) is 1. The number of nitrogens with zero attached hydrogens (tertiary/aromatic N) is 1. The van der Waals surface area contributed by atoms with Crippen LogP contribution in [0.4, 0.5) is 0 Å². The number of aliphatic carboxylic acids is 1. The van der Waals surface area contributed by atoms with Gasteiger partial charge in [0.25, 0.3) is 0 Å². The van der Waals surface area contributed by atoms with Gasteiger partial charge >= 0.3 is 5.97 Å². The van der Waals surface area contributed by atoms with Crippen molar-refractivity contribution in [1.82, 2.24) is 4.90 Å². The van der Waals surface area contributed by atoms with E-state index in [9.17, 15) is 4.79 Å². The number of para-hydroxylation sites is 1. The van der Waals surface area contributed by atoms with E-state index in [1.807, 2.05) is 18.2 Å². The number of ether oxygens (including phenoxy) is 2. The second-order valence-electron chi connectivity index (χ2n) is 7.36. The molecule has 0 radical (unpaired) electrons. The fraction of sp³-hybridized carbons (Fsp3) is 0.550. The number of fused-ring (bicyclic) bond motifs is 2. The van der Waals surface area contributed by atoms with Crippen molar-refractivity contribution >= 4 is 16.9 Å². The zero-order valence-electron chi connectivity index (χ0n) is 15.0. The Labute approximate surface area is 152 Å². The van der Waals surface area contributed by atoms with Crippen molar-refractivity contribution in [1.29, 1.82) is 0 Å². The average Bonchev–Trinajstić information content (AvgIpc) is 3.21. The number of methoxy groups -OCH3 is 1. The lowest BCUT2D eigenvalue weighted by Gasteiger charge is -2.43. The molecule has 26 heavy (non-hydrogen) atoms. The maximum atomic E-state index is 10.8. The molecule has 1 aliphatic heterocycles. The summed E-state index contributed by atoms with van der Waals surface area (Å²) in [6.45, 7) is 1.44. The molecule has 4 rings (SSSR count). The van der Waals surface area contributed by atoms with Crippen molar-refractivity contribution < 1.29 is 23.8 Å². The Hall–Kier alpha value is -1.89. The third-order valence-electron chi connectivity index (χ3n) is 5.93. The van der Waals surface area contributed by atoms with Gasteiger partial charge in [0.1, 0.15) is 18.0 Å². The van der Waals surface area contributed by atoms with E-state index in [1.54, 1.807) is 7.11 Å². The summed E-state index contributed by atoms with van der Waals surface area (Å²) in [5, 5.41) is 9.99. The molecule has 1 aromatic carbocycles. The lowest BCUT2D eigenvalue weighted by molar-refractivity contribution is -0.148. The Bertz CT molecular complexity index is 754. The van der Waals surface area contributed by atoms with E-state index in [1.165, 1.54) is 0 Å². The topological polar surface area (TPSA) is 72.1 Å². The zero-order chi connectivity index (χ0) is 18.1. The first kappa shape index (κ1) is 17.5. The predicted molar refractivity (Wildman–Crippen MR) is 96.0 cm³/mol. The summed E-state index contributed by atoms with van der Waals surface area (Å²) in [6.07, 6.45) is 3.49. The van der Waals surface area contributed by atoms with Gasteiger partial charge in [0, 0.05) is 25.1 Å². The molecule has 3 atom stereocenters. The fourth-order valence-electron chi connectivity index (χ4n) is 4.60. The highest BCUT2D eigenvalue weighted by Gasteiger charge is 2.51. The molecule has 0 bridgehead atoms. The van der Waals surface area contributed by atoms with Crippen molar-refractivity contribution in [2.45, 2.75) is 50.0 Å². The number of carbonyl (C=O) groups is 1. The second-order valence-corrected chi connectivity index (χ2v) is 7.36. The lowest BCUT2D eigenvalue weighted by Crippen LogP contribution is -2.51. The van der Waals surface area contributed by atoms with Crippen LogP contribution in [-0.4, -0.2) is 54.0 Å². The molecule has 6 nitrogen and oxygen atoms in total. The summed E-state index contributed by atoms with van der Waals surface area (Å²) in [7, 11) is 1.79. The van der Waals surface area contributed by atoms with Crippen LogP contribution in [0.25, 0.3) is 11.0 Å². The Kier molecular flexibility index (Phi) is 4.73. The SMILES string of the molecule is CO[C@]12CC[C@@H](OCC(=O)O)C[C@H]1N(Cc1cc3ccccc3o1)CC2. The van der Waals surface area contributed by atoms with Gasteiger partial charge in [-0.3, -0.25) is 4.90 Å². The predicted octanol–water partition coefficient (Wildman–Crippen LogP) is 3.05. The van der Waals surface area contributed by atoms with Gasteiger partial charge in [-0.15, -0.1) is 0 Å². The van der Waals surface area contributed by atoms with Gasteiger partial charge in [-0.2, -0.15) is 0 Å². The van der Waals surface area contributed by atoms with Gasteiger partial charge in [0.2, 0.25) is 0 Å². The van der Waals surface area contributed by atoms with E-state index in [0.29, 0.717) is 0 Å². The van der Waals surface area contributed by atoms with Crippen LogP contribution in [0.5, 0.6) is 0 Å². The van der Waals surface area contributed by atoms with E-state index in [4.69, 9.17) is 19.0 Å². The van der Waals surface area contributed by atoms with E-state index in [0.717, 1.165) is 55.5 Å². The summed E-state index contributed by atoms with van der Waals surface area (Å²) in [4.78, 5) is 13.2. The highest BCUT2D eigenvalue weighted by Crippen LogP contribution is 2.43. The van der Waals surface area contributed by atoms with Crippen LogP contribution in [-0.2, 0) is 20.8 Å². The van der Waals surface area contributed by atoms with Crippen molar-refractivity contribution in [2.24, 2.45) is 0 Å². The van der Waals surface area contributed by atoms with E-state index >= 15 is 0 Å². The molecule has 1 aliphatic carbocycles. The molecule has 140 valence electrons. The number of hydrogen-bond donors (Lipinski definition) is 1. The van der Waals surface area contributed by atoms with Crippen molar-refractivity contribution in [3.05, 3.63) is 36.1 Å². The largest absolute Gasteiger partial charge is 0.480 e. The summed E-state index contributed by atoms with van der Waals surface area (Å²) in [5.41, 5.74) is 0.751. The highest BCUT2D eigenvalue weighted by atomic mass is 16.5. The number of carboxylic acids is 1. The third-order valence-corrected chi connectivity index (χ3v) is 5.93. The van der Waals surface area contributed by atoms with Crippen LogP contribution in [0, 0.1) is 0 Å². The number of rotatable bonds is 6. The standard InChI is InChI=1S/C20H25NO5/c1-24-20-7-6-15(25-13-19(22)23)11-18(20)21(9-8-20)12-16-10-14-4-2-3-5-17(14)26-16/h2-5,10,15,18H,6-9,11-13H2,1H3,(H,22,23)/t15-,18-,20+/m1/s1. The maximum Gasteiger partial charge on any atom is 0.329 e. The second kappa shape index (κ2) is 7.02. The average molecular weight is 359 g/mol. The fourth-order valence-corrected chi connectivity index (χ4v) is 4.60. The van der Waals surface area contributed by atoms with Gasteiger partial charge < -0.3 is 19.0 Å². The minimum atomic E-state index is -0.917. The molecular weight excluding hydrogens is 334 g/mol. The van der Waals surface area contributed by atoms with Crippen LogP contribution < -0.4 is 0 Å². The molecule has 1 saturated heterocycles. The maximum absolute atomic E-state index is 10.8. The number of furan rings is 1. The van der Waals surface area contributed by atoms with Crippen LogP contribution in [0.15, 0.2) is 34.7 Å². The van der Waals surface area contributed by atoms with Crippen LogP contribution in [0.3, 0.4) is 0 Å². The summed E-state index contributed by atoms with van der Waals surface area (Å²) in [6, 6.07) is 10.4. The van der Waals surface area contributed by atoms with Gasteiger partial charge in [-0.05, 0) is 37.8 Å². The Morgan fingerprint density at radius 3 is 3.00 bits per heavy atom. The molecule has 0 amide bonds. The summed E-state index contributed by atoms with van der Waals surface area (Å²) >= 11 is 0. The molecule has 2 aliphatic rings. The van der Waals surface area contributed by atoms with Gasteiger partial charge in [-0.1, -0.05) is 18.2 Å². The first-order valence-electron chi connectivity index (χ1n) is 9.20.